The summed E-state index contributed by atoms with van der Waals surface area (Å²) >= 11 is 0. The van der Waals surface area contributed by atoms with Gasteiger partial charge in [-0.2, -0.15) is 5.10 Å². The van der Waals surface area contributed by atoms with Crippen LogP contribution in [-0.2, 0) is 7.05 Å². The van der Waals surface area contributed by atoms with Crippen LogP contribution >= 0.6 is 0 Å². The number of rotatable bonds is 4. The molecule has 0 aliphatic rings. The molecule has 1 aromatic rings. The second-order valence-corrected chi connectivity index (χ2v) is 4.59. The molecule has 1 heterocycles. The normalized spacial score (nSPS) is 12.9. The van der Waals surface area contributed by atoms with Crippen LogP contribution in [0.3, 0.4) is 0 Å². The van der Waals surface area contributed by atoms with Crippen molar-refractivity contribution in [3.8, 4) is 5.88 Å². The lowest BCUT2D eigenvalue weighted by atomic mass is 10.1. The lowest BCUT2D eigenvalue weighted by Crippen LogP contribution is -2.29. The highest BCUT2D eigenvalue weighted by Gasteiger charge is 2.25. The largest absolute Gasteiger partial charge is 0.471 e. The number of nitrogens with zero attached hydrogens (tertiary/aromatic N) is 3. The lowest BCUT2D eigenvalue weighted by Gasteiger charge is -2.25. The maximum Gasteiger partial charge on any atom is 0.223 e. The van der Waals surface area contributed by atoms with Crippen LogP contribution in [0.25, 0.3) is 0 Å². The third kappa shape index (κ3) is 2.69. The Bertz CT molecular complexity index is 435. The van der Waals surface area contributed by atoms with Crippen molar-refractivity contribution in [1.82, 2.24) is 9.78 Å². The van der Waals surface area contributed by atoms with Crippen molar-refractivity contribution < 1.29 is 9.94 Å². The Morgan fingerprint density at radius 3 is 2.65 bits per heavy atom. The molecule has 0 bridgehead atoms. The Morgan fingerprint density at radius 2 is 2.18 bits per heavy atom. The summed E-state index contributed by atoms with van der Waals surface area (Å²) in [5.41, 5.74) is 6.52. The van der Waals surface area contributed by atoms with Crippen LogP contribution in [0.2, 0.25) is 0 Å². The highest BCUT2D eigenvalue weighted by Crippen LogP contribution is 2.26. The number of hydrogen-bond donors (Lipinski definition) is 2. The van der Waals surface area contributed by atoms with Crippen LogP contribution in [0.5, 0.6) is 5.88 Å². The summed E-state index contributed by atoms with van der Waals surface area (Å²) in [6.07, 6.45) is 0.840. The minimum Gasteiger partial charge on any atom is -0.471 e. The molecule has 0 atom stereocenters. The average Bonchev–Trinajstić information content (AvgIpc) is 2.52. The van der Waals surface area contributed by atoms with Crippen LogP contribution < -0.4 is 10.5 Å². The molecule has 3 N–H and O–H groups in total. The molecule has 0 aliphatic carbocycles. The van der Waals surface area contributed by atoms with E-state index in [0.29, 0.717) is 17.1 Å². The van der Waals surface area contributed by atoms with Gasteiger partial charge in [-0.3, -0.25) is 0 Å². The van der Waals surface area contributed by atoms with Gasteiger partial charge in [0.15, 0.2) is 5.84 Å². The summed E-state index contributed by atoms with van der Waals surface area (Å²) in [4.78, 5) is 0. The van der Waals surface area contributed by atoms with E-state index in [-0.39, 0.29) is 11.4 Å². The van der Waals surface area contributed by atoms with Crippen molar-refractivity contribution >= 4 is 5.84 Å². The van der Waals surface area contributed by atoms with Crippen molar-refractivity contribution in [1.29, 1.82) is 0 Å². The molecular weight excluding hydrogens is 220 g/mol. The molecule has 0 fully saturated rings. The topological polar surface area (TPSA) is 85.7 Å². The summed E-state index contributed by atoms with van der Waals surface area (Å²) in [5, 5.41) is 16.0. The van der Waals surface area contributed by atoms with E-state index in [1.54, 1.807) is 18.7 Å². The predicted octanol–water partition coefficient (Wildman–Crippen LogP) is 1.39. The molecule has 0 amide bonds. The molecule has 0 spiro atoms. The van der Waals surface area contributed by atoms with E-state index < -0.39 is 0 Å². The Balaban J connectivity index is 3.24. The zero-order valence-corrected chi connectivity index (χ0v) is 11.0. The molecule has 0 saturated heterocycles. The molecule has 6 heteroatoms. The summed E-state index contributed by atoms with van der Waals surface area (Å²) in [7, 11) is 1.77. The molecule has 17 heavy (non-hydrogen) atoms. The second-order valence-electron chi connectivity index (χ2n) is 4.59. The average molecular weight is 240 g/mol. The van der Waals surface area contributed by atoms with Gasteiger partial charge in [0.25, 0.3) is 0 Å². The van der Waals surface area contributed by atoms with E-state index in [2.05, 4.69) is 10.3 Å². The summed E-state index contributed by atoms with van der Waals surface area (Å²) < 4.78 is 7.48. The fraction of sp³-hybridized carbons (Fsp3) is 0.636. The van der Waals surface area contributed by atoms with Crippen LogP contribution in [0.15, 0.2) is 5.16 Å². The van der Waals surface area contributed by atoms with E-state index in [9.17, 15) is 0 Å². The van der Waals surface area contributed by atoms with E-state index in [1.165, 1.54) is 0 Å². The summed E-state index contributed by atoms with van der Waals surface area (Å²) in [6, 6.07) is 0. The van der Waals surface area contributed by atoms with Crippen LogP contribution in [0, 0.1) is 6.92 Å². The molecule has 1 rings (SSSR count). The Kier molecular flexibility index (Phi) is 3.65. The maximum atomic E-state index is 8.77. The number of aromatic nitrogens is 2. The van der Waals surface area contributed by atoms with Gasteiger partial charge in [-0.1, -0.05) is 12.1 Å². The van der Waals surface area contributed by atoms with Gasteiger partial charge in [-0.05, 0) is 27.2 Å². The first-order valence-electron chi connectivity index (χ1n) is 5.53. The first-order valence-corrected chi connectivity index (χ1v) is 5.53. The minimum atomic E-state index is -0.329. The summed E-state index contributed by atoms with van der Waals surface area (Å²) in [5.74, 6) is 0.530. The minimum absolute atomic E-state index is 0.0116. The fourth-order valence-electron chi connectivity index (χ4n) is 1.43. The monoisotopic (exact) mass is 240 g/mol. The first kappa shape index (κ1) is 13.3. The van der Waals surface area contributed by atoms with Crippen LogP contribution in [0.4, 0.5) is 0 Å². The third-order valence-corrected chi connectivity index (χ3v) is 2.76. The zero-order valence-electron chi connectivity index (χ0n) is 11.0. The van der Waals surface area contributed by atoms with Crippen molar-refractivity contribution in [2.75, 3.05) is 0 Å². The van der Waals surface area contributed by atoms with Crippen molar-refractivity contribution in [3.05, 3.63) is 11.3 Å². The van der Waals surface area contributed by atoms with Crippen molar-refractivity contribution in [3.63, 3.8) is 0 Å². The number of hydrogen-bond acceptors (Lipinski definition) is 4. The molecule has 0 saturated carbocycles. The smallest absolute Gasteiger partial charge is 0.223 e. The lowest BCUT2D eigenvalue weighted by molar-refractivity contribution is 0.0929. The molecule has 0 unspecified atom stereocenters. The van der Waals surface area contributed by atoms with Gasteiger partial charge in [0.05, 0.1) is 5.69 Å². The van der Waals surface area contributed by atoms with Gasteiger partial charge in [-0.25, -0.2) is 4.68 Å². The third-order valence-electron chi connectivity index (χ3n) is 2.76. The molecule has 6 nitrogen and oxygen atoms in total. The predicted molar refractivity (Wildman–Crippen MR) is 65.5 cm³/mol. The Labute approximate surface area is 101 Å². The van der Waals surface area contributed by atoms with Crippen LogP contribution in [-0.4, -0.2) is 26.4 Å². The molecule has 1 aromatic heterocycles. The highest BCUT2D eigenvalue weighted by molar-refractivity contribution is 6.00. The van der Waals surface area contributed by atoms with E-state index in [4.69, 9.17) is 15.7 Å². The maximum absolute atomic E-state index is 8.77. The number of nitrogens with two attached hydrogens (primary N) is 1. The highest BCUT2D eigenvalue weighted by atomic mass is 16.5. The SMILES string of the molecule is CCC(C)(C)Oc1c(C(N)=NO)c(C)nn1C. The molecule has 0 aliphatic heterocycles. The fourth-order valence-corrected chi connectivity index (χ4v) is 1.43. The van der Waals surface area contributed by atoms with Gasteiger partial charge in [0.2, 0.25) is 5.88 Å². The van der Waals surface area contributed by atoms with Gasteiger partial charge in [0, 0.05) is 7.05 Å². The zero-order chi connectivity index (χ0) is 13.2. The quantitative estimate of drug-likeness (QED) is 0.360. The number of oxime groups is 1. The standard InChI is InChI=1S/C11H20N4O2/c1-6-11(3,4)17-10-8(9(12)14-16)7(2)13-15(10)5/h16H,6H2,1-5H3,(H2,12,14). The number of aryl methyl sites for hydroxylation is 2. The van der Waals surface area contributed by atoms with Gasteiger partial charge < -0.3 is 15.7 Å². The first-order chi connectivity index (χ1) is 7.82. The van der Waals surface area contributed by atoms with Crippen molar-refractivity contribution in [2.24, 2.45) is 17.9 Å². The second kappa shape index (κ2) is 4.65. The molecule has 0 aromatic carbocycles. The van der Waals surface area contributed by atoms with Gasteiger partial charge in [0.1, 0.15) is 11.2 Å². The summed E-state index contributed by atoms with van der Waals surface area (Å²) in [6.45, 7) is 7.78. The van der Waals surface area contributed by atoms with Crippen LogP contribution in [0.1, 0.15) is 38.4 Å². The Morgan fingerprint density at radius 1 is 1.59 bits per heavy atom. The Hall–Kier alpha value is -1.72. The van der Waals surface area contributed by atoms with E-state index >= 15 is 0 Å². The van der Waals surface area contributed by atoms with Gasteiger partial charge >= 0.3 is 0 Å². The molecule has 96 valence electrons. The number of ether oxygens (including phenoxy) is 1. The molecule has 0 radical (unpaired) electrons. The van der Waals surface area contributed by atoms with Gasteiger partial charge in [-0.15, -0.1) is 0 Å². The van der Waals surface area contributed by atoms with E-state index in [1.807, 2.05) is 20.8 Å². The molecular formula is C11H20N4O2. The van der Waals surface area contributed by atoms with Crippen molar-refractivity contribution in [2.45, 2.75) is 39.7 Å². The number of amidine groups is 1. The van der Waals surface area contributed by atoms with E-state index in [0.717, 1.165) is 6.42 Å².